The van der Waals surface area contributed by atoms with Crippen LogP contribution in [0.5, 0.6) is 0 Å². The number of hydrogen-bond donors (Lipinski definition) is 2. The lowest BCUT2D eigenvalue weighted by Gasteiger charge is -2.44. The van der Waals surface area contributed by atoms with Crippen molar-refractivity contribution in [1.29, 1.82) is 0 Å². The first-order valence-corrected chi connectivity index (χ1v) is 12.5. The van der Waals surface area contributed by atoms with Crippen LogP contribution in [0.25, 0.3) is 0 Å². The predicted molar refractivity (Wildman–Crippen MR) is 119 cm³/mol. The molecule has 0 unspecified atom stereocenters. The zero-order valence-electron chi connectivity index (χ0n) is 17.6. The van der Waals surface area contributed by atoms with Crippen LogP contribution < -0.4 is 5.32 Å². The Morgan fingerprint density at radius 3 is 2.61 bits per heavy atom. The monoisotopic (exact) mass is 467 g/mol. The number of amides is 1. The highest BCUT2D eigenvalue weighted by Crippen LogP contribution is 2.55. The Hall–Kier alpha value is -3.20. The number of aliphatic hydroxyl groups is 1. The van der Waals surface area contributed by atoms with E-state index >= 15 is 0 Å². The highest BCUT2D eigenvalue weighted by Gasteiger charge is 2.57. The first-order valence-electron chi connectivity index (χ1n) is 11.0. The summed E-state index contributed by atoms with van der Waals surface area (Å²) < 4.78 is 42.9. The van der Waals surface area contributed by atoms with Gasteiger partial charge in [0, 0.05) is 18.5 Å². The number of nitrogens with one attached hydrogen (secondary N) is 1. The lowest BCUT2D eigenvalue weighted by molar-refractivity contribution is -0.134. The summed E-state index contributed by atoms with van der Waals surface area (Å²) in [5, 5.41) is 14.2. The summed E-state index contributed by atoms with van der Waals surface area (Å²) in [7, 11) is -4.03. The van der Waals surface area contributed by atoms with Gasteiger partial charge in [0.05, 0.1) is 5.69 Å². The number of rotatable bonds is 3. The van der Waals surface area contributed by atoms with Crippen LogP contribution in [0.4, 0.5) is 10.1 Å². The van der Waals surface area contributed by atoms with Crippen molar-refractivity contribution >= 4 is 27.5 Å². The molecule has 2 fully saturated rings. The molecule has 7 nitrogen and oxygen atoms in total. The Balaban J connectivity index is 1.45. The molecule has 2 aromatic carbocycles. The molecule has 0 spiro atoms. The Kier molecular flexibility index (Phi) is 4.42. The highest BCUT2D eigenvalue weighted by atomic mass is 32.2. The van der Waals surface area contributed by atoms with Gasteiger partial charge in [-0.1, -0.05) is 24.3 Å². The minimum absolute atomic E-state index is 0.0260. The number of fused-ring (bicyclic) bond motifs is 6. The largest absolute Gasteiger partial charge is 0.511 e. The van der Waals surface area contributed by atoms with Gasteiger partial charge in [-0.3, -0.25) is 4.79 Å². The molecule has 2 heterocycles. The van der Waals surface area contributed by atoms with Gasteiger partial charge in [-0.15, -0.1) is 4.40 Å². The van der Waals surface area contributed by atoms with Crippen molar-refractivity contribution < 1.29 is 22.7 Å². The van der Waals surface area contributed by atoms with Crippen LogP contribution in [0.1, 0.15) is 24.8 Å². The van der Waals surface area contributed by atoms with E-state index < -0.39 is 15.9 Å². The zero-order valence-corrected chi connectivity index (χ0v) is 18.4. The Morgan fingerprint density at radius 1 is 1.09 bits per heavy atom. The number of sulfonamides is 1. The molecule has 4 atom stereocenters. The Morgan fingerprint density at radius 2 is 1.82 bits per heavy atom. The van der Waals surface area contributed by atoms with Gasteiger partial charge in [-0.25, -0.2) is 4.39 Å². The third-order valence-electron chi connectivity index (χ3n) is 7.41. The number of nitrogens with zero attached hydrogens (tertiary/aromatic N) is 2. The maximum absolute atomic E-state index is 13.8. The maximum Gasteiger partial charge on any atom is 0.286 e. The highest BCUT2D eigenvalue weighted by molar-refractivity contribution is 7.90. The third kappa shape index (κ3) is 3.09. The van der Waals surface area contributed by atoms with Gasteiger partial charge >= 0.3 is 0 Å². The minimum Gasteiger partial charge on any atom is -0.511 e. The van der Waals surface area contributed by atoms with E-state index in [2.05, 4.69) is 9.71 Å². The summed E-state index contributed by atoms with van der Waals surface area (Å²) in [6, 6.07) is 12.2. The fourth-order valence-electron chi connectivity index (χ4n) is 6.06. The summed E-state index contributed by atoms with van der Waals surface area (Å²) in [5.41, 5.74) is 0.989. The molecule has 1 amide bonds. The number of hydrogen-bond acceptors (Lipinski definition) is 5. The molecule has 9 heteroatoms. The fourth-order valence-corrected chi connectivity index (χ4v) is 7.18. The molecule has 2 aliphatic carbocycles. The summed E-state index contributed by atoms with van der Waals surface area (Å²) >= 11 is 0. The number of carbonyl (C=O) groups is 1. The number of benzene rings is 2. The molecule has 2 aromatic rings. The number of amidine groups is 1. The van der Waals surface area contributed by atoms with Crippen LogP contribution in [-0.4, -0.2) is 36.2 Å². The van der Waals surface area contributed by atoms with E-state index in [-0.39, 0.29) is 58.2 Å². The molecule has 33 heavy (non-hydrogen) atoms. The van der Waals surface area contributed by atoms with Crippen LogP contribution in [0.3, 0.4) is 0 Å². The van der Waals surface area contributed by atoms with Crippen LogP contribution in [0.2, 0.25) is 0 Å². The second-order valence-electron chi connectivity index (χ2n) is 9.21. The van der Waals surface area contributed by atoms with Gasteiger partial charge in [-0.2, -0.15) is 8.42 Å². The molecule has 6 rings (SSSR count). The van der Waals surface area contributed by atoms with Crippen molar-refractivity contribution in [2.45, 2.75) is 36.7 Å². The minimum atomic E-state index is -4.03. The standard InChI is InChI=1S/C24H22FN3O4S/c25-16-9-5-13(6-10-16)12-28-21-15-8-7-14(11-15)19(21)22(29)20(24(28)30)23-26-17-3-1-2-4-18(17)33(31,32)27-23/h1-6,9-10,14-15,19,21,29H,7-8,11-12H2,(H,26,27)/t14-,15-,19+,21-/m0/s1. The summed E-state index contributed by atoms with van der Waals surface area (Å²) in [6.07, 6.45) is 2.87. The molecule has 0 aromatic heterocycles. The van der Waals surface area contributed by atoms with E-state index in [0.29, 0.717) is 5.69 Å². The van der Waals surface area contributed by atoms with Crippen molar-refractivity contribution in [3.05, 3.63) is 71.2 Å². The molecule has 2 aliphatic heterocycles. The number of aliphatic hydroxyl groups excluding tert-OH is 1. The molecule has 0 saturated heterocycles. The quantitative estimate of drug-likeness (QED) is 0.719. The number of carbonyl (C=O) groups excluding carboxylic acids is 1. The molecule has 2 saturated carbocycles. The molecule has 0 radical (unpaired) electrons. The van der Waals surface area contributed by atoms with Gasteiger partial charge < -0.3 is 15.3 Å². The van der Waals surface area contributed by atoms with Gasteiger partial charge in [0.1, 0.15) is 22.0 Å². The van der Waals surface area contributed by atoms with E-state index in [1.165, 1.54) is 18.2 Å². The summed E-state index contributed by atoms with van der Waals surface area (Å²) in [6.45, 7) is 0.247. The van der Waals surface area contributed by atoms with Crippen molar-refractivity contribution in [3.63, 3.8) is 0 Å². The van der Waals surface area contributed by atoms with Crippen LogP contribution in [0.15, 0.2) is 69.2 Å². The lowest BCUT2D eigenvalue weighted by atomic mass is 9.77. The maximum atomic E-state index is 13.8. The van der Waals surface area contributed by atoms with Gasteiger partial charge in [0.25, 0.3) is 15.9 Å². The molecule has 2 bridgehead atoms. The molecule has 170 valence electrons. The lowest BCUT2D eigenvalue weighted by Crippen LogP contribution is -2.53. The molecular formula is C24H22FN3O4S. The second kappa shape index (κ2) is 7.15. The normalized spacial score (nSPS) is 29.4. The van der Waals surface area contributed by atoms with Crippen LogP contribution >= 0.6 is 0 Å². The van der Waals surface area contributed by atoms with Crippen molar-refractivity contribution in [2.75, 3.05) is 5.32 Å². The van der Waals surface area contributed by atoms with Crippen molar-refractivity contribution in [2.24, 2.45) is 22.2 Å². The van der Waals surface area contributed by atoms with E-state index in [1.54, 1.807) is 35.2 Å². The molecule has 4 aliphatic rings. The van der Waals surface area contributed by atoms with Crippen LogP contribution in [0, 0.1) is 23.6 Å². The SMILES string of the molecule is O=C1C(C2=NS(=O)(=O)c3ccccc3N2)=C(O)[C@@H]2[C@H]3CC[C@@H](C3)[C@@H]2N1Cc1ccc(F)cc1. The number of anilines is 1. The fraction of sp³-hybridized carbons (Fsp3) is 0.333. The number of halogens is 1. The average Bonchev–Trinajstić information content (AvgIpc) is 3.40. The van der Waals surface area contributed by atoms with Crippen LogP contribution in [-0.2, 0) is 21.4 Å². The number of para-hydroxylation sites is 1. The van der Waals surface area contributed by atoms with E-state index in [4.69, 9.17) is 0 Å². The van der Waals surface area contributed by atoms with E-state index in [9.17, 15) is 22.7 Å². The molecule has 2 N–H and O–H groups in total. The summed E-state index contributed by atoms with van der Waals surface area (Å²) in [4.78, 5) is 15.5. The predicted octanol–water partition coefficient (Wildman–Crippen LogP) is 3.61. The smallest absolute Gasteiger partial charge is 0.286 e. The Bertz CT molecular complexity index is 1340. The first kappa shape index (κ1) is 20.4. The molecular weight excluding hydrogens is 445 g/mol. The Labute approximate surface area is 190 Å². The van der Waals surface area contributed by atoms with Crippen molar-refractivity contribution in [1.82, 2.24) is 4.90 Å². The second-order valence-corrected chi connectivity index (χ2v) is 10.8. The summed E-state index contributed by atoms with van der Waals surface area (Å²) in [5.74, 6) is -0.808. The average molecular weight is 468 g/mol. The topological polar surface area (TPSA) is 99.1 Å². The van der Waals surface area contributed by atoms with Gasteiger partial charge in [-0.05, 0) is 60.9 Å². The van der Waals surface area contributed by atoms with Crippen molar-refractivity contribution in [3.8, 4) is 0 Å². The van der Waals surface area contributed by atoms with Gasteiger partial charge in [0.2, 0.25) is 0 Å². The van der Waals surface area contributed by atoms with Gasteiger partial charge in [0.15, 0.2) is 5.84 Å². The van der Waals surface area contributed by atoms with E-state index in [1.807, 2.05) is 0 Å². The third-order valence-corrected chi connectivity index (χ3v) is 8.75. The first-order chi connectivity index (χ1) is 15.8. The zero-order chi connectivity index (χ0) is 22.9. The van der Waals surface area contributed by atoms with E-state index in [0.717, 1.165) is 24.8 Å².